The molecule has 0 spiro atoms. The normalized spacial score (nSPS) is 14.8. The van der Waals surface area contributed by atoms with E-state index < -0.39 is 0 Å². The molecule has 1 fully saturated rings. The Balaban J connectivity index is 1.58. The molecule has 1 saturated carbocycles. The molecule has 100 valence electrons. The fourth-order valence-corrected chi connectivity index (χ4v) is 2.15. The van der Waals surface area contributed by atoms with Crippen LogP contribution in [0.5, 0.6) is 0 Å². The second kappa shape index (κ2) is 5.48. The summed E-state index contributed by atoms with van der Waals surface area (Å²) in [5.74, 6) is 0.930. The molecule has 1 aliphatic carbocycles. The summed E-state index contributed by atoms with van der Waals surface area (Å²) in [5, 5.41) is 15.4. The highest BCUT2D eigenvalue weighted by Crippen LogP contribution is 2.18. The molecule has 5 heteroatoms. The molecule has 1 aromatic carbocycles. The Morgan fingerprint density at radius 3 is 3.05 bits per heavy atom. The first-order valence-corrected chi connectivity index (χ1v) is 6.85. The van der Waals surface area contributed by atoms with Gasteiger partial charge in [0.25, 0.3) is 0 Å². The van der Waals surface area contributed by atoms with Crippen LogP contribution in [-0.2, 0) is 19.5 Å². The van der Waals surface area contributed by atoms with Crippen LogP contribution in [0.4, 0.5) is 0 Å². The van der Waals surface area contributed by atoms with Crippen LogP contribution in [0.1, 0.15) is 29.8 Å². The van der Waals surface area contributed by atoms with Gasteiger partial charge in [-0.25, -0.2) is 4.68 Å². The average molecular weight is 257 g/mol. The van der Waals surface area contributed by atoms with Gasteiger partial charge >= 0.3 is 0 Å². The summed E-state index contributed by atoms with van der Waals surface area (Å²) in [7, 11) is 0. The number of aromatic nitrogens is 4. The third kappa shape index (κ3) is 3.38. The van der Waals surface area contributed by atoms with Gasteiger partial charge in [0.15, 0.2) is 5.82 Å². The van der Waals surface area contributed by atoms with Gasteiger partial charge in [0.05, 0.1) is 6.54 Å². The zero-order valence-corrected chi connectivity index (χ0v) is 11.2. The Labute approximate surface area is 113 Å². The molecule has 0 radical (unpaired) electrons. The van der Waals surface area contributed by atoms with Crippen molar-refractivity contribution in [3.8, 4) is 0 Å². The number of rotatable bonds is 6. The van der Waals surface area contributed by atoms with Crippen LogP contribution >= 0.6 is 0 Å². The molecule has 1 aromatic heterocycles. The van der Waals surface area contributed by atoms with Gasteiger partial charge < -0.3 is 5.32 Å². The van der Waals surface area contributed by atoms with E-state index in [1.54, 1.807) is 0 Å². The molecule has 3 rings (SSSR count). The van der Waals surface area contributed by atoms with E-state index in [-0.39, 0.29) is 0 Å². The Kier molecular flexibility index (Phi) is 3.55. The third-order valence-corrected chi connectivity index (χ3v) is 3.43. The molecule has 1 N–H and O–H groups in total. The fraction of sp³-hybridized carbons (Fsp3) is 0.500. The van der Waals surface area contributed by atoms with Crippen molar-refractivity contribution in [2.24, 2.45) is 0 Å². The minimum absolute atomic E-state index is 0.682. The minimum atomic E-state index is 0.682. The molecule has 19 heavy (non-hydrogen) atoms. The lowest BCUT2D eigenvalue weighted by Crippen LogP contribution is -2.19. The predicted octanol–water partition coefficient (Wildman–Crippen LogP) is 1.48. The van der Waals surface area contributed by atoms with Crippen LogP contribution in [0.15, 0.2) is 24.3 Å². The Bertz CT molecular complexity index is 544. The van der Waals surface area contributed by atoms with Gasteiger partial charge in [-0.05, 0) is 42.2 Å². The van der Waals surface area contributed by atoms with Crippen molar-refractivity contribution in [2.75, 3.05) is 0 Å². The van der Waals surface area contributed by atoms with E-state index in [9.17, 15) is 0 Å². The van der Waals surface area contributed by atoms with E-state index in [1.807, 2.05) is 4.68 Å². The zero-order chi connectivity index (χ0) is 13.1. The lowest BCUT2D eigenvalue weighted by Gasteiger charge is -2.06. The maximum Gasteiger partial charge on any atom is 0.165 e. The van der Waals surface area contributed by atoms with Crippen molar-refractivity contribution in [2.45, 2.75) is 45.3 Å². The van der Waals surface area contributed by atoms with Crippen LogP contribution in [0.2, 0.25) is 0 Å². The van der Waals surface area contributed by atoms with Crippen molar-refractivity contribution in [1.29, 1.82) is 0 Å². The topological polar surface area (TPSA) is 55.6 Å². The van der Waals surface area contributed by atoms with Gasteiger partial charge in [-0.2, -0.15) is 0 Å². The van der Waals surface area contributed by atoms with Crippen LogP contribution in [0.25, 0.3) is 0 Å². The molecule has 0 bridgehead atoms. The number of hydrogen-bond donors (Lipinski definition) is 1. The Morgan fingerprint density at radius 2 is 2.26 bits per heavy atom. The van der Waals surface area contributed by atoms with Crippen molar-refractivity contribution in [1.82, 2.24) is 25.5 Å². The summed E-state index contributed by atoms with van der Waals surface area (Å²) in [6.45, 7) is 3.72. The van der Waals surface area contributed by atoms with E-state index in [0.717, 1.165) is 25.3 Å². The Hall–Kier alpha value is -1.75. The quantitative estimate of drug-likeness (QED) is 0.851. The van der Waals surface area contributed by atoms with Gasteiger partial charge in [0, 0.05) is 12.6 Å². The monoisotopic (exact) mass is 257 g/mol. The van der Waals surface area contributed by atoms with Gasteiger partial charge in [0.1, 0.15) is 0 Å². The highest BCUT2D eigenvalue weighted by Gasteiger charge is 2.21. The van der Waals surface area contributed by atoms with E-state index in [2.05, 4.69) is 52.0 Å². The molecule has 0 unspecified atom stereocenters. The molecule has 0 atom stereocenters. The molecular weight excluding hydrogens is 238 g/mol. The highest BCUT2D eigenvalue weighted by atomic mass is 15.5. The first-order chi connectivity index (χ1) is 9.31. The summed E-state index contributed by atoms with van der Waals surface area (Å²) >= 11 is 0. The summed E-state index contributed by atoms with van der Waals surface area (Å²) in [6.07, 6.45) is 3.53. The Morgan fingerprint density at radius 1 is 1.37 bits per heavy atom. The zero-order valence-electron chi connectivity index (χ0n) is 11.2. The summed E-state index contributed by atoms with van der Waals surface area (Å²) in [6, 6.07) is 9.26. The number of tetrazole rings is 1. The largest absolute Gasteiger partial charge is 0.307 e. The molecule has 1 heterocycles. The molecular formula is C14H19N5. The van der Waals surface area contributed by atoms with E-state index in [0.29, 0.717) is 6.04 Å². The van der Waals surface area contributed by atoms with Crippen LogP contribution in [-0.4, -0.2) is 26.2 Å². The van der Waals surface area contributed by atoms with Crippen LogP contribution in [0.3, 0.4) is 0 Å². The number of hydrogen-bond acceptors (Lipinski definition) is 4. The van der Waals surface area contributed by atoms with Crippen molar-refractivity contribution >= 4 is 0 Å². The average Bonchev–Trinajstić information content (AvgIpc) is 3.13. The van der Waals surface area contributed by atoms with Gasteiger partial charge in [0.2, 0.25) is 0 Å². The molecule has 0 amide bonds. The SMILES string of the molecule is Cc1cccc(CCn2nnnc2CNC2CC2)c1. The smallest absolute Gasteiger partial charge is 0.165 e. The lowest BCUT2D eigenvalue weighted by molar-refractivity contribution is 0.540. The lowest BCUT2D eigenvalue weighted by atomic mass is 10.1. The van der Waals surface area contributed by atoms with Gasteiger partial charge in [-0.3, -0.25) is 0 Å². The van der Waals surface area contributed by atoms with Crippen LogP contribution < -0.4 is 5.32 Å². The minimum Gasteiger partial charge on any atom is -0.307 e. The van der Waals surface area contributed by atoms with Crippen LogP contribution in [0, 0.1) is 6.92 Å². The number of benzene rings is 1. The first-order valence-electron chi connectivity index (χ1n) is 6.85. The van der Waals surface area contributed by atoms with Gasteiger partial charge in [-0.1, -0.05) is 29.8 Å². The molecule has 5 nitrogen and oxygen atoms in total. The molecule has 2 aromatic rings. The maximum atomic E-state index is 4.09. The van der Waals surface area contributed by atoms with Crippen molar-refractivity contribution in [3.05, 3.63) is 41.2 Å². The number of nitrogens with zero attached hydrogens (tertiary/aromatic N) is 4. The van der Waals surface area contributed by atoms with E-state index >= 15 is 0 Å². The standard InChI is InChI=1S/C14H19N5/c1-11-3-2-4-12(9-11)7-8-19-14(16-17-18-19)10-15-13-5-6-13/h2-4,9,13,15H,5-8,10H2,1H3. The number of aryl methyl sites for hydroxylation is 3. The highest BCUT2D eigenvalue weighted by molar-refractivity contribution is 5.22. The molecule has 0 aliphatic heterocycles. The second-order valence-electron chi connectivity index (χ2n) is 5.21. The summed E-state index contributed by atoms with van der Waals surface area (Å²) in [5.41, 5.74) is 2.63. The van der Waals surface area contributed by atoms with Crippen molar-refractivity contribution in [3.63, 3.8) is 0 Å². The van der Waals surface area contributed by atoms with Gasteiger partial charge in [-0.15, -0.1) is 5.10 Å². The first kappa shape index (κ1) is 12.3. The molecule has 1 aliphatic rings. The number of nitrogens with one attached hydrogen (secondary N) is 1. The summed E-state index contributed by atoms with van der Waals surface area (Å²) < 4.78 is 1.90. The summed E-state index contributed by atoms with van der Waals surface area (Å²) in [4.78, 5) is 0. The second-order valence-corrected chi connectivity index (χ2v) is 5.21. The fourth-order valence-electron chi connectivity index (χ4n) is 2.15. The van der Waals surface area contributed by atoms with E-state index in [4.69, 9.17) is 0 Å². The molecule has 0 saturated heterocycles. The predicted molar refractivity (Wildman–Crippen MR) is 72.6 cm³/mol. The van der Waals surface area contributed by atoms with E-state index in [1.165, 1.54) is 24.0 Å². The third-order valence-electron chi connectivity index (χ3n) is 3.43. The maximum absolute atomic E-state index is 4.09. The van der Waals surface area contributed by atoms with Crippen molar-refractivity contribution < 1.29 is 0 Å².